The summed E-state index contributed by atoms with van der Waals surface area (Å²) in [5.74, 6) is 0.897. The van der Waals surface area contributed by atoms with Gasteiger partial charge in [0, 0.05) is 30.9 Å². The van der Waals surface area contributed by atoms with Gasteiger partial charge in [0.25, 0.3) is 6.43 Å². The number of anilines is 1. The third-order valence-electron chi connectivity index (χ3n) is 5.54. The van der Waals surface area contributed by atoms with E-state index in [2.05, 4.69) is 24.7 Å². The van der Waals surface area contributed by atoms with Crippen molar-refractivity contribution >= 4 is 21.5 Å². The molecule has 1 aliphatic rings. The quantitative estimate of drug-likeness (QED) is 0.621. The SMILES string of the molecule is CC(NS(C)(=O)=O)C1CCCN(c2cc(-c3cnc4ccc(C(F)F)nn34)ccn2)C1. The first kappa shape index (κ1) is 21.6. The lowest BCUT2D eigenvalue weighted by atomic mass is 9.92. The monoisotopic (exact) mass is 450 g/mol. The highest BCUT2D eigenvalue weighted by Gasteiger charge is 2.27. The maximum absolute atomic E-state index is 13.1. The molecule has 11 heteroatoms. The Morgan fingerprint density at radius 1 is 1.23 bits per heavy atom. The van der Waals surface area contributed by atoms with Gasteiger partial charge in [-0.2, -0.15) is 5.10 Å². The first-order valence-electron chi connectivity index (χ1n) is 10.0. The molecule has 1 fully saturated rings. The molecule has 2 unspecified atom stereocenters. The first-order chi connectivity index (χ1) is 14.7. The summed E-state index contributed by atoms with van der Waals surface area (Å²) in [5, 5.41) is 4.03. The smallest absolute Gasteiger partial charge is 0.282 e. The van der Waals surface area contributed by atoms with E-state index in [0.717, 1.165) is 30.8 Å². The molecule has 0 amide bonds. The van der Waals surface area contributed by atoms with Gasteiger partial charge >= 0.3 is 0 Å². The Hall–Kier alpha value is -2.66. The number of sulfonamides is 1. The molecule has 0 bridgehead atoms. The van der Waals surface area contributed by atoms with Crippen molar-refractivity contribution in [2.24, 2.45) is 5.92 Å². The minimum Gasteiger partial charge on any atom is -0.356 e. The average molecular weight is 451 g/mol. The van der Waals surface area contributed by atoms with E-state index in [1.807, 2.05) is 13.0 Å². The maximum atomic E-state index is 13.1. The van der Waals surface area contributed by atoms with Crippen molar-refractivity contribution in [2.45, 2.75) is 32.2 Å². The molecule has 2 atom stereocenters. The van der Waals surface area contributed by atoms with Gasteiger partial charge in [0.1, 0.15) is 11.5 Å². The van der Waals surface area contributed by atoms with E-state index in [0.29, 0.717) is 17.9 Å². The van der Waals surface area contributed by atoms with Gasteiger partial charge < -0.3 is 4.90 Å². The largest absolute Gasteiger partial charge is 0.356 e. The van der Waals surface area contributed by atoms with Crippen molar-refractivity contribution in [2.75, 3.05) is 24.2 Å². The molecule has 8 nitrogen and oxygen atoms in total. The number of hydrogen-bond acceptors (Lipinski definition) is 6. The Kier molecular flexibility index (Phi) is 5.89. The lowest BCUT2D eigenvalue weighted by Crippen LogP contribution is -2.46. The minimum atomic E-state index is -3.28. The van der Waals surface area contributed by atoms with Crippen LogP contribution in [0.3, 0.4) is 0 Å². The molecule has 4 rings (SSSR count). The van der Waals surface area contributed by atoms with Gasteiger partial charge in [0.15, 0.2) is 5.65 Å². The summed E-state index contributed by atoms with van der Waals surface area (Å²) in [6, 6.07) is 6.28. The van der Waals surface area contributed by atoms with E-state index >= 15 is 0 Å². The predicted octanol–water partition coefficient (Wildman–Crippen LogP) is 2.88. The zero-order chi connectivity index (χ0) is 22.2. The molecule has 1 N–H and O–H groups in total. The van der Waals surface area contributed by atoms with Crippen LogP contribution in [0.2, 0.25) is 0 Å². The minimum absolute atomic E-state index is 0.153. The van der Waals surface area contributed by atoms with Gasteiger partial charge in [-0.3, -0.25) is 0 Å². The molecule has 0 aliphatic carbocycles. The van der Waals surface area contributed by atoms with E-state index in [1.165, 1.54) is 22.9 Å². The molecule has 1 aliphatic heterocycles. The van der Waals surface area contributed by atoms with Crippen LogP contribution in [0.25, 0.3) is 16.9 Å². The van der Waals surface area contributed by atoms with Crippen LogP contribution in [0.15, 0.2) is 36.7 Å². The van der Waals surface area contributed by atoms with Gasteiger partial charge in [0.2, 0.25) is 10.0 Å². The summed E-state index contributed by atoms with van der Waals surface area (Å²) in [6.45, 7) is 3.35. The third-order valence-corrected chi connectivity index (χ3v) is 6.34. The predicted molar refractivity (Wildman–Crippen MR) is 114 cm³/mol. The highest BCUT2D eigenvalue weighted by atomic mass is 32.2. The Balaban J connectivity index is 1.60. The van der Waals surface area contributed by atoms with Gasteiger partial charge in [-0.1, -0.05) is 0 Å². The zero-order valence-electron chi connectivity index (χ0n) is 17.2. The van der Waals surface area contributed by atoms with E-state index < -0.39 is 16.4 Å². The summed E-state index contributed by atoms with van der Waals surface area (Å²) in [7, 11) is -3.28. The van der Waals surface area contributed by atoms with Crippen LogP contribution in [0.1, 0.15) is 31.9 Å². The second-order valence-electron chi connectivity index (χ2n) is 7.90. The molecule has 1 saturated heterocycles. The molecule has 4 heterocycles. The number of nitrogens with zero attached hydrogens (tertiary/aromatic N) is 5. The number of fused-ring (bicyclic) bond motifs is 1. The van der Waals surface area contributed by atoms with Crippen molar-refractivity contribution in [3.8, 4) is 11.3 Å². The van der Waals surface area contributed by atoms with Crippen molar-refractivity contribution in [1.29, 1.82) is 0 Å². The van der Waals surface area contributed by atoms with Gasteiger partial charge in [0.05, 0.1) is 18.1 Å². The van der Waals surface area contributed by atoms with Crippen LogP contribution in [-0.4, -0.2) is 53.4 Å². The highest BCUT2D eigenvalue weighted by molar-refractivity contribution is 7.88. The number of halogens is 2. The summed E-state index contributed by atoms with van der Waals surface area (Å²) >= 11 is 0. The molecule has 0 radical (unpaired) electrons. The summed E-state index contributed by atoms with van der Waals surface area (Å²) < 4.78 is 53.4. The van der Waals surface area contributed by atoms with Crippen molar-refractivity contribution < 1.29 is 17.2 Å². The number of nitrogens with one attached hydrogen (secondary N) is 1. The lowest BCUT2D eigenvalue weighted by molar-refractivity contribution is 0.144. The topological polar surface area (TPSA) is 92.5 Å². The highest BCUT2D eigenvalue weighted by Crippen LogP contribution is 2.28. The van der Waals surface area contributed by atoms with Crippen molar-refractivity contribution in [3.63, 3.8) is 0 Å². The van der Waals surface area contributed by atoms with Crippen LogP contribution in [0.5, 0.6) is 0 Å². The number of aromatic nitrogens is 4. The molecule has 0 spiro atoms. The molecule has 3 aromatic heterocycles. The fourth-order valence-corrected chi connectivity index (χ4v) is 4.88. The Labute approximate surface area is 179 Å². The fourth-order valence-electron chi connectivity index (χ4n) is 4.01. The van der Waals surface area contributed by atoms with Gasteiger partial charge in [-0.05, 0) is 49.9 Å². The van der Waals surface area contributed by atoms with Crippen LogP contribution in [-0.2, 0) is 10.0 Å². The summed E-state index contributed by atoms with van der Waals surface area (Å²) in [6.07, 6.45) is 3.62. The Morgan fingerprint density at radius 2 is 2.03 bits per heavy atom. The molecule has 3 aromatic rings. The Morgan fingerprint density at radius 3 is 2.77 bits per heavy atom. The molecule has 166 valence electrons. The van der Waals surface area contributed by atoms with E-state index in [4.69, 9.17) is 0 Å². The summed E-state index contributed by atoms with van der Waals surface area (Å²) in [4.78, 5) is 10.9. The van der Waals surface area contributed by atoms with E-state index in [1.54, 1.807) is 18.5 Å². The molecule has 0 saturated carbocycles. The second kappa shape index (κ2) is 8.46. The summed E-state index contributed by atoms with van der Waals surface area (Å²) in [5.41, 5.74) is 1.53. The maximum Gasteiger partial charge on any atom is 0.282 e. The normalized spacial score (nSPS) is 18.6. The molecular weight excluding hydrogens is 426 g/mol. The number of rotatable bonds is 6. The number of piperidine rings is 1. The standard InChI is InChI=1S/C20H24F2N6O2S/c1-13(26-31(2,29)30)15-4-3-9-27(12-15)19-10-14(7-8-23-19)17-11-24-18-6-5-16(20(21)22)25-28(17)18/h5-8,10-11,13,15,20,26H,3-4,9,12H2,1-2H3. The third kappa shape index (κ3) is 4.82. The molecular formula is C20H24F2N6O2S. The van der Waals surface area contributed by atoms with E-state index in [-0.39, 0.29) is 17.7 Å². The van der Waals surface area contributed by atoms with Crippen molar-refractivity contribution in [1.82, 2.24) is 24.3 Å². The second-order valence-corrected chi connectivity index (χ2v) is 9.68. The van der Waals surface area contributed by atoms with Gasteiger partial charge in [-0.25, -0.2) is 36.4 Å². The van der Waals surface area contributed by atoms with Crippen LogP contribution in [0, 0.1) is 5.92 Å². The Bertz CT molecular complexity index is 1180. The first-order valence-corrected chi connectivity index (χ1v) is 11.9. The van der Waals surface area contributed by atoms with Crippen LogP contribution < -0.4 is 9.62 Å². The number of hydrogen-bond donors (Lipinski definition) is 1. The zero-order valence-corrected chi connectivity index (χ0v) is 18.1. The van der Waals surface area contributed by atoms with Crippen molar-refractivity contribution in [3.05, 3.63) is 42.4 Å². The number of alkyl halides is 2. The van der Waals surface area contributed by atoms with E-state index in [9.17, 15) is 17.2 Å². The fraction of sp³-hybridized carbons (Fsp3) is 0.450. The van der Waals surface area contributed by atoms with Crippen LogP contribution >= 0.6 is 0 Å². The number of pyridine rings is 1. The van der Waals surface area contributed by atoms with Crippen LogP contribution in [0.4, 0.5) is 14.6 Å². The number of imidazole rings is 1. The average Bonchev–Trinajstić information content (AvgIpc) is 3.16. The molecule has 0 aromatic carbocycles. The molecule has 31 heavy (non-hydrogen) atoms. The lowest BCUT2D eigenvalue weighted by Gasteiger charge is -2.36. The van der Waals surface area contributed by atoms with Gasteiger partial charge in [-0.15, -0.1) is 0 Å².